The number of hydrogen-bond acceptors (Lipinski definition) is 6. The maximum Gasteiger partial charge on any atom is 0.455 e. The zero-order chi connectivity index (χ0) is 22.2. The van der Waals surface area contributed by atoms with E-state index in [-0.39, 0.29) is 5.75 Å². The maximum atomic E-state index is 13.4. The lowest BCUT2D eigenvalue weighted by Gasteiger charge is -2.37. The molecule has 0 aliphatic carbocycles. The van der Waals surface area contributed by atoms with Gasteiger partial charge in [0.1, 0.15) is 11.5 Å². The first-order chi connectivity index (χ1) is 12.4. The molecule has 0 saturated carbocycles. The van der Waals surface area contributed by atoms with Gasteiger partial charge in [-0.3, -0.25) is 4.79 Å². The van der Waals surface area contributed by atoms with Gasteiger partial charge in [0, 0.05) is 0 Å². The number of hydrogen-bond donors (Lipinski definition) is 0. The molecule has 0 fully saturated rings. The van der Waals surface area contributed by atoms with Gasteiger partial charge in [-0.2, -0.15) is 33.8 Å². The number of ether oxygens (including phenoxy) is 1. The Morgan fingerprint density at radius 1 is 1.00 bits per heavy atom. The van der Waals surface area contributed by atoms with E-state index in [0.717, 1.165) is 12.1 Å². The van der Waals surface area contributed by atoms with Gasteiger partial charge in [0.2, 0.25) is 0 Å². The predicted octanol–water partition coefficient (Wildman–Crippen LogP) is 4.63. The summed E-state index contributed by atoms with van der Waals surface area (Å²) in [7, 11) is -6.67. The molecular weight excluding hydrogens is 442 g/mol. The number of rotatable bonds is 8. The summed E-state index contributed by atoms with van der Waals surface area (Å²) in [5, 5.41) is -13.2. The molecule has 6 nitrogen and oxygen atoms in total. The molecule has 0 aliphatic rings. The molecule has 0 spiro atoms. The van der Waals surface area contributed by atoms with Crippen LogP contribution >= 0.6 is 11.1 Å². The number of alkyl halides is 4. The number of carbonyl (C=O) groups is 1. The summed E-state index contributed by atoms with van der Waals surface area (Å²) < 4.78 is 119. The Kier molecular flexibility index (Phi) is 6.64. The zero-order valence-corrected chi connectivity index (χ0v) is 16.2. The van der Waals surface area contributed by atoms with Crippen LogP contribution in [-0.2, 0) is 14.9 Å². The van der Waals surface area contributed by atoms with Crippen LogP contribution in [0.5, 0.6) is 11.5 Å². The number of carbonyl (C=O) groups excluding carboxylic acids is 1. The normalized spacial score (nSPS) is 14.5. The van der Waals surface area contributed by atoms with E-state index in [1.165, 1.54) is 0 Å². The fraction of sp³-hybridized carbons (Fsp3) is 0.500. The molecule has 0 heterocycles. The molecule has 162 valence electrons. The Morgan fingerprint density at radius 3 is 1.82 bits per heavy atom. The van der Waals surface area contributed by atoms with Crippen LogP contribution in [0.4, 0.5) is 25.3 Å². The second kappa shape index (κ2) is 7.63. The van der Waals surface area contributed by atoms with E-state index in [1.54, 1.807) is 20.8 Å². The highest BCUT2D eigenvalue weighted by Crippen LogP contribution is 2.67. The molecule has 0 atom stereocenters. The molecule has 0 radical (unpaired) electrons. The number of benzene rings is 1. The minimum Gasteiger partial charge on any atom is -0.760 e. The van der Waals surface area contributed by atoms with Gasteiger partial charge in [0.25, 0.3) is 0 Å². The van der Waals surface area contributed by atoms with E-state index < -0.39 is 48.8 Å². The van der Waals surface area contributed by atoms with Crippen molar-refractivity contribution in [3.05, 3.63) is 24.3 Å². The molecule has 14 heteroatoms. The summed E-state index contributed by atoms with van der Waals surface area (Å²) in [5.41, 5.74) is -0.863. The quantitative estimate of drug-likeness (QED) is 0.245. The predicted molar refractivity (Wildman–Crippen MR) is 86.2 cm³/mol. The fourth-order valence-electron chi connectivity index (χ4n) is 1.42. The third kappa shape index (κ3) is 4.66. The fourth-order valence-corrected chi connectivity index (χ4v) is 3.05. The summed E-state index contributed by atoms with van der Waals surface area (Å²) in [5.74, 6) is -1.78. The highest BCUT2D eigenvalue weighted by Gasteiger charge is 2.73. The Balaban J connectivity index is 3.04. The first-order valence-electron chi connectivity index (χ1n) is 7.34. The van der Waals surface area contributed by atoms with Crippen LogP contribution in [0.25, 0.3) is 0 Å². The van der Waals surface area contributed by atoms with Crippen molar-refractivity contribution in [2.24, 2.45) is 5.41 Å². The van der Waals surface area contributed by atoms with Gasteiger partial charge in [-0.15, -0.1) is 0 Å². The lowest BCUT2D eigenvalue weighted by atomic mass is 9.91. The van der Waals surface area contributed by atoms with Gasteiger partial charge in [-0.05, 0) is 44.5 Å². The lowest BCUT2D eigenvalue weighted by molar-refractivity contribution is -0.144. The van der Waals surface area contributed by atoms with E-state index in [2.05, 4.69) is 4.18 Å². The zero-order valence-electron chi connectivity index (χ0n) is 14.6. The molecule has 0 unspecified atom stereocenters. The van der Waals surface area contributed by atoms with Crippen molar-refractivity contribution in [2.75, 3.05) is 0 Å². The molecule has 0 bridgehead atoms. The standard InChI is InChI=1S/C14H16F6O6S2/c1-4-12(2,3)11(21)25-9-5-7-10(8-6-9)26-28(23,24)14(17,18)13(15,16)27(19,20)22/h5-8,22H,4H2,1-3H3/p-1. The molecule has 1 aromatic carbocycles. The van der Waals surface area contributed by atoms with Gasteiger partial charge in [0.15, 0.2) is 0 Å². The second-order valence-corrected chi connectivity index (χ2v) is 9.04. The van der Waals surface area contributed by atoms with Crippen LogP contribution in [0.2, 0.25) is 0 Å². The summed E-state index contributed by atoms with van der Waals surface area (Å²) in [6.45, 7) is 4.87. The van der Waals surface area contributed by atoms with E-state index in [4.69, 9.17) is 4.74 Å². The van der Waals surface area contributed by atoms with Crippen LogP contribution in [0, 0.1) is 5.41 Å². The van der Waals surface area contributed by atoms with Crippen molar-refractivity contribution in [2.45, 2.75) is 37.7 Å². The molecule has 0 aliphatic heterocycles. The smallest absolute Gasteiger partial charge is 0.455 e. The second-order valence-electron chi connectivity index (χ2n) is 6.09. The summed E-state index contributed by atoms with van der Waals surface area (Å²) in [6, 6.07) is 3.13. The van der Waals surface area contributed by atoms with Gasteiger partial charge in [-0.1, -0.05) is 6.92 Å². The largest absolute Gasteiger partial charge is 0.760 e. The maximum absolute atomic E-state index is 13.4. The van der Waals surface area contributed by atoms with Crippen LogP contribution in [0.15, 0.2) is 24.3 Å². The van der Waals surface area contributed by atoms with Crippen LogP contribution < -0.4 is 8.92 Å². The van der Waals surface area contributed by atoms with Crippen molar-refractivity contribution in [3.8, 4) is 11.5 Å². The number of halogens is 6. The molecule has 1 rings (SSSR count). The van der Waals surface area contributed by atoms with Gasteiger partial charge in [0.05, 0.1) is 16.5 Å². The van der Waals surface area contributed by atoms with Crippen molar-refractivity contribution in [1.29, 1.82) is 0 Å². The van der Waals surface area contributed by atoms with Crippen molar-refractivity contribution in [3.63, 3.8) is 0 Å². The van der Waals surface area contributed by atoms with Gasteiger partial charge < -0.3 is 13.5 Å². The average molecular weight is 457 g/mol. The Labute approximate surface area is 158 Å². The van der Waals surface area contributed by atoms with Crippen molar-refractivity contribution < 1.29 is 52.0 Å². The highest BCUT2D eigenvalue weighted by molar-refractivity contribution is 8.21. The van der Waals surface area contributed by atoms with Gasteiger partial charge >= 0.3 is 26.6 Å². The Hall–Kier alpha value is -1.67. The average Bonchev–Trinajstić information content (AvgIpc) is 2.54. The number of esters is 1. The summed E-state index contributed by atoms with van der Waals surface area (Å²) >= 11 is -7.52. The third-order valence-corrected chi connectivity index (χ3v) is 5.91. The molecule has 0 saturated heterocycles. The topological polar surface area (TPSA) is 92.7 Å². The minimum absolute atomic E-state index is 0.149. The summed E-state index contributed by atoms with van der Waals surface area (Å²) in [4.78, 5) is 11.9. The first kappa shape index (κ1) is 24.4. The molecule has 0 N–H and O–H groups in total. The van der Waals surface area contributed by atoms with Crippen LogP contribution in [0.3, 0.4) is 0 Å². The van der Waals surface area contributed by atoms with E-state index in [1.807, 2.05) is 0 Å². The van der Waals surface area contributed by atoms with Gasteiger partial charge in [-0.25, -0.2) is 0 Å². The minimum atomic E-state index is -7.52. The Morgan fingerprint density at radius 2 is 1.43 bits per heavy atom. The first-order valence-corrected chi connectivity index (χ1v) is 10.1. The van der Waals surface area contributed by atoms with E-state index >= 15 is 0 Å². The lowest BCUT2D eigenvalue weighted by Crippen LogP contribution is -2.49. The van der Waals surface area contributed by atoms with Crippen LogP contribution in [0.1, 0.15) is 27.2 Å². The van der Waals surface area contributed by atoms with Crippen molar-refractivity contribution >= 4 is 27.2 Å². The van der Waals surface area contributed by atoms with E-state index in [9.17, 15) is 43.1 Å². The monoisotopic (exact) mass is 457 g/mol. The SMILES string of the molecule is CCC(C)(C)C(=O)Oc1ccc(OS(=O)(=O)C(F)(F)C(F)(F)S([O-])(F)F)cc1. The molecule has 0 amide bonds. The van der Waals surface area contributed by atoms with E-state index in [0.29, 0.717) is 18.6 Å². The highest BCUT2D eigenvalue weighted by atomic mass is 32.3. The molecule has 0 aromatic heterocycles. The summed E-state index contributed by atoms with van der Waals surface area (Å²) in [6.07, 6.45) is 0.418. The third-order valence-electron chi connectivity index (χ3n) is 3.63. The Bertz CT molecular complexity index is 818. The molecule has 1 aromatic rings. The van der Waals surface area contributed by atoms with Crippen LogP contribution in [-0.4, -0.2) is 29.4 Å². The molecule has 28 heavy (non-hydrogen) atoms. The molecular formula is C14H15F6O6S2-. The van der Waals surface area contributed by atoms with Crippen molar-refractivity contribution in [1.82, 2.24) is 0 Å².